The number of hydrogen-bond acceptors (Lipinski definition) is 2. The predicted molar refractivity (Wildman–Crippen MR) is 59.7 cm³/mol. The second-order valence-corrected chi connectivity index (χ2v) is 3.53. The van der Waals surface area contributed by atoms with E-state index in [-0.39, 0.29) is 0 Å². The summed E-state index contributed by atoms with van der Waals surface area (Å²) >= 11 is 0. The highest BCUT2D eigenvalue weighted by atomic mass is 14.8. The van der Waals surface area contributed by atoms with E-state index < -0.39 is 0 Å². The molecule has 15 heavy (non-hydrogen) atoms. The van der Waals surface area contributed by atoms with E-state index in [2.05, 4.69) is 22.3 Å². The van der Waals surface area contributed by atoms with Crippen LogP contribution in [0.5, 0.6) is 0 Å². The minimum Gasteiger partial charge on any atom is -0.259 e. The molecule has 0 aliphatic carbocycles. The third kappa shape index (κ3) is 1.44. The summed E-state index contributed by atoms with van der Waals surface area (Å²) in [4.78, 5) is 8.66. The first-order valence-electron chi connectivity index (χ1n) is 4.92. The van der Waals surface area contributed by atoms with Crippen molar-refractivity contribution >= 4 is 11.9 Å². The van der Waals surface area contributed by atoms with Gasteiger partial charge in [-0.2, -0.15) is 0 Å². The van der Waals surface area contributed by atoms with E-state index in [1.807, 2.05) is 36.5 Å². The van der Waals surface area contributed by atoms with Gasteiger partial charge in [0.05, 0.1) is 17.6 Å². The quantitative estimate of drug-likeness (QED) is 0.538. The van der Waals surface area contributed by atoms with Crippen molar-refractivity contribution in [1.82, 2.24) is 4.98 Å². The average molecular weight is 193 g/mol. The van der Waals surface area contributed by atoms with Crippen LogP contribution in [0.2, 0.25) is 0 Å². The van der Waals surface area contributed by atoms with Crippen molar-refractivity contribution in [3.63, 3.8) is 0 Å². The zero-order valence-electron chi connectivity index (χ0n) is 8.14. The molecule has 71 valence electrons. The van der Waals surface area contributed by atoms with Crippen LogP contribution in [0.1, 0.15) is 16.8 Å². The first-order valence-corrected chi connectivity index (χ1v) is 4.92. The summed E-state index contributed by atoms with van der Waals surface area (Å²) in [5.41, 5.74) is 4.25. The average Bonchev–Trinajstić information content (AvgIpc) is 2.48. The molecule has 2 heteroatoms. The zero-order valence-corrected chi connectivity index (χ0v) is 8.14. The Bertz CT molecular complexity index is 482. The molecule has 0 bridgehead atoms. The standard InChI is InChI=1S/C13H9N2/c1-2-5-11-9-15-12-6-3-7-14-13(12)8-10(11)4-1/h1-7H,8H2. The van der Waals surface area contributed by atoms with Crippen molar-refractivity contribution in [3.8, 4) is 0 Å². The van der Waals surface area contributed by atoms with Crippen LogP contribution >= 0.6 is 0 Å². The van der Waals surface area contributed by atoms with Gasteiger partial charge in [-0.15, -0.1) is 0 Å². The molecule has 0 atom stereocenters. The number of fused-ring (bicyclic) bond motifs is 2. The lowest BCUT2D eigenvalue weighted by molar-refractivity contribution is 1.08. The Labute approximate surface area is 88.3 Å². The van der Waals surface area contributed by atoms with Crippen LogP contribution in [-0.4, -0.2) is 11.2 Å². The van der Waals surface area contributed by atoms with Crippen molar-refractivity contribution < 1.29 is 0 Å². The van der Waals surface area contributed by atoms with Gasteiger partial charge in [0, 0.05) is 18.2 Å². The molecule has 1 radical (unpaired) electrons. The van der Waals surface area contributed by atoms with E-state index in [1.54, 1.807) is 0 Å². The van der Waals surface area contributed by atoms with Crippen molar-refractivity contribution in [2.24, 2.45) is 4.99 Å². The highest BCUT2D eigenvalue weighted by Crippen LogP contribution is 2.24. The Kier molecular flexibility index (Phi) is 1.85. The van der Waals surface area contributed by atoms with Gasteiger partial charge in [-0.1, -0.05) is 24.3 Å². The number of aliphatic imine (C=N–C) groups is 1. The lowest BCUT2D eigenvalue weighted by Crippen LogP contribution is -1.93. The third-order valence-corrected chi connectivity index (χ3v) is 2.54. The van der Waals surface area contributed by atoms with Crippen molar-refractivity contribution in [2.45, 2.75) is 6.42 Å². The van der Waals surface area contributed by atoms with Gasteiger partial charge in [0.25, 0.3) is 0 Å². The summed E-state index contributed by atoms with van der Waals surface area (Å²) in [5, 5.41) is 0. The van der Waals surface area contributed by atoms with Gasteiger partial charge in [0.2, 0.25) is 0 Å². The zero-order chi connectivity index (χ0) is 10.1. The van der Waals surface area contributed by atoms with Gasteiger partial charge in [-0.3, -0.25) is 4.98 Å². The molecule has 2 nitrogen and oxygen atoms in total. The topological polar surface area (TPSA) is 25.2 Å². The van der Waals surface area contributed by atoms with E-state index >= 15 is 0 Å². The maximum atomic E-state index is 4.34. The molecular formula is C13H9N2. The molecule has 2 aromatic rings. The smallest absolute Gasteiger partial charge is 0.0975 e. The molecule has 0 spiro atoms. The van der Waals surface area contributed by atoms with E-state index in [0.717, 1.165) is 23.4 Å². The van der Waals surface area contributed by atoms with Gasteiger partial charge < -0.3 is 0 Å². The number of aromatic nitrogens is 1. The van der Waals surface area contributed by atoms with E-state index in [1.165, 1.54) is 5.56 Å². The molecule has 2 heterocycles. The Morgan fingerprint density at radius 1 is 1.07 bits per heavy atom. The third-order valence-electron chi connectivity index (χ3n) is 2.54. The summed E-state index contributed by atoms with van der Waals surface area (Å²) in [5.74, 6) is 0. The molecule has 0 saturated heterocycles. The fourth-order valence-corrected chi connectivity index (χ4v) is 1.75. The fraction of sp³-hybridized carbons (Fsp3) is 0.0769. The van der Waals surface area contributed by atoms with Gasteiger partial charge in [0.15, 0.2) is 0 Å². The van der Waals surface area contributed by atoms with Crippen LogP contribution in [0.4, 0.5) is 5.69 Å². The second kappa shape index (κ2) is 3.31. The summed E-state index contributed by atoms with van der Waals surface area (Å²) in [6.45, 7) is 0. The number of rotatable bonds is 0. The number of nitrogens with zero attached hydrogens (tertiary/aromatic N) is 2. The molecule has 1 aromatic carbocycles. The van der Waals surface area contributed by atoms with E-state index in [4.69, 9.17) is 0 Å². The number of hydrogen-bond donors (Lipinski definition) is 0. The molecule has 0 amide bonds. The predicted octanol–water partition coefficient (Wildman–Crippen LogP) is 2.61. The molecule has 1 aliphatic heterocycles. The molecule has 3 rings (SSSR count). The normalized spacial score (nSPS) is 12.8. The molecular weight excluding hydrogens is 184 g/mol. The fourth-order valence-electron chi connectivity index (χ4n) is 1.75. The highest BCUT2D eigenvalue weighted by Gasteiger charge is 2.10. The van der Waals surface area contributed by atoms with Crippen molar-refractivity contribution in [1.29, 1.82) is 0 Å². The second-order valence-electron chi connectivity index (χ2n) is 3.53. The van der Waals surface area contributed by atoms with Crippen LogP contribution < -0.4 is 0 Å². The summed E-state index contributed by atoms with van der Waals surface area (Å²) in [7, 11) is 0. The van der Waals surface area contributed by atoms with Gasteiger partial charge >= 0.3 is 0 Å². The van der Waals surface area contributed by atoms with Crippen molar-refractivity contribution in [3.05, 3.63) is 59.4 Å². The first kappa shape index (κ1) is 8.36. The van der Waals surface area contributed by atoms with Gasteiger partial charge in [-0.05, 0) is 17.7 Å². The summed E-state index contributed by atoms with van der Waals surface area (Å²) in [6, 6.07) is 12.0. The Morgan fingerprint density at radius 2 is 2.00 bits per heavy atom. The molecule has 0 saturated carbocycles. The lowest BCUT2D eigenvalue weighted by Gasteiger charge is -2.02. The van der Waals surface area contributed by atoms with Crippen LogP contribution in [0.25, 0.3) is 0 Å². The van der Waals surface area contributed by atoms with Crippen molar-refractivity contribution in [2.75, 3.05) is 0 Å². The van der Waals surface area contributed by atoms with E-state index in [0.29, 0.717) is 0 Å². The van der Waals surface area contributed by atoms with E-state index in [9.17, 15) is 0 Å². The maximum absolute atomic E-state index is 4.34. The molecule has 0 fully saturated rings. The van der Waals surface area contributed by atoms with Crippen LogP contribution in [0.3, 0.4) is 0 Å². The number of pyridine rings is 1. The molecule has 0 N–H and O–H groups in total. The number of benzene rings is 1. The summed E-state index contributed by atoms with van der Waals surface area (Å²) < 4.78 is 0. The highest BCUT2D eigenvalue weighted by molar-refractivity contribution is 5.85. The minimum absolute atomic E-state index is 0.836. The molecule has 0 unspecified atom stereocenters. The largest absolute Gasteiger partial charge is 0.259 e. The van der Waals surface area contributed by atoms with Crippen LogP contribution in [-0.2, 0) is 6.42 Å². The van der Waals surface area contributed by atoms with Crippen LogP contribution in [0.15, 0.2) is 47.6 Å². The van der Waals surface area contributed by atoms with Crippen LogP contribution in [0, 0.1) is 0 Å². The monoisotopic (exact) mass is 193 g/mol. The maximum Gasteiger partial charge on any atom is 0.0975 e. The Hall–Kier alpha value is -1.96. The molecule has 1 aromatic heterocycles. The lowest BCUT2D eigenvalue weighted by atomic mass is 10.0. The SMILES string of the molecule is [C]1=Nc2cccnc2Cc2ccccc21. The van der Waals surface area contributed by atoms with Gasteiger partial charge in [-0.25, -0.2) is 4.99 Å². The summed E-state index contributed by atoms with van der Waals surface area (Å²) in [6.07, 6.45) is 5.71. The van der Waals surface area contributed by atoms with Gasteiger partial charge in [0.1, 0.15) is 0 Å². The molecule has 1 aliphatic rings. The Morgan fingerprint density at radius 3 is 3.00 bits per heavy atom. The minimum atomic E-state index is 0.836. The first-order chi connectivity index (χ1) is 7.43. The Balaban J connectivity index is 2.19.